The highest BCUT2D eigenvalue weighted by Gasteiger charge is 2.15. The summed E-state index contributed by atoms with van der Waals surface area (Å²) in [5, 5.41) is 0. The van der Waals surface area contributed by atoms with E-state index in [0.717, 1.165) is 10.0 Å². The number of benzene rings is 1. The van der Waals surface area contributed by atoms with E-state index in [1.807, 2.05) is 0 Å². The first kappa shape index (κ1) is 11.7. The number of hydrogen-bond acceptors (Lipinski definition) is 2. The van der Waals surface area contributed by atoms with E-state index in [1.54, 1.807) is 31.2 Å². The van der Waals surface area contributed by atoms with Crippen LogP contribution in [0.5, 0.6) is 0 Å². The summed E-state index contributed by atoms with van der Waals surface area (Å²) in [7, 11) is -4.39. The van der Waals surface area contributed by atoms with E-state index in [4.69, 9.17) is 0 Å². The Morgan fingerprint density at radius 3 is 2.29 bits per heavy atom. The van der Waals surface area contributed by atoms with Gasteiger partial charge in [-0.25, -0.2) is 0 Å². The quantitative estimate of drug-likeness (QED) is 0.798. The van der Waals surface area contributed by atoms with E-state index in [1.165, 1.54) is 0 Å². The summed E-state index contributed by atoms with van der Waals surface area (Å²) in [6.07, 6.45) is 0. The molecule has 1 rings (SSSR count). The van der Waals surface area contributed by atoms with E-state index in [0.29, 0.717) is 0 Å². The van der Waals surface area contributed by atoms with Crippen LogP contribution >= 0.6 is 15.9 Å². The van der Waals surface area contributed by atoms with Crippen LogP contribution in [0.15, 0.2) is 28.7 Å². The van der Waals surface area contributed by atoms with Gasteiger partial charge >= 0.3 is 10.2 Å². The van der Waals surface area contributed by atoms with Crippen molar-refractivity contribution in [1.29, 1.82) is 0 Å². The Hall–Kier alpha value is -0.420. The van der Waals surface area contributed by atoms with Gasteiger partial charge in [0.25, 0.3) is 0 Å². The highest BCUT2D eigenvalue weighted by molar-refractivity contribution is 9.10. The summed E-state index contributed by atoms with van der Waals surface area (Å²) in [5.74, 6) is -0.785. The molecule has 0 saturated heterocycles. The zero-order chi connectivity index (χ0) is 10.8. The summed E-state index contributed by atoms with van der Waals surface area (Å²) in [6, 6.07) is 7.16. The Balaban J connectivity index is 2.80. The van der Waals surface area contributed by atoms with Crippen molar-refractivity contribution >= 4 is 26.2 Å². The Labute approximate surface area is 91.5 Å². The normalized spacial score (nSPS) is 13.9. The van der Waals surface area contributed by atoms with Crippen molar-refractivity contribution < 1.29 is 12.3 Å². The average Bonchev–Trinajstić information content (AvgIpc) is 2.02. The first-order valence-electron chi connectivity index (χ1n) is 4.06. The lowest BCUT2D eigenvalue weighted by Gasteiger charge is -2.08. The number of rotatable bonds is 3. The standard InChI is InChI=1S/C9H10BrFO2S/c1-7(6-14(11,12)13)8-2-4-9(10)5-3-8/h2-5,7H,6H2,1H3. The number of hydrogen-bond donors (Lipinski definition) is 0. The summed E-state index contributed by atoms with van der Waals surface area (Å²) in [6.45, 7) is 1.68. The smallest absolute Gasteiger partial charge is 0.195 e. The molecule has 0 saturated carbocycles. The van der Waals surface area contributed by atoms with Gasteiger partial charge in [0.15, 0.2) is 0 Å². The molecule has 0 fully saturated rings. The molecule has 0 aromatic heterocycles. The Morgan fingerprint density at radius 2 is 1.86 bits per heavy atom. The van der Waals surface area contributed by atoms with Crippen LogP contribution in [-0.4, -0.2) is 14.2 Å². The maximum absolute atomic E-state index is 12.4. The molecule has 0 spiro atoms. The second-order valence-electron chi connectivity index (χ2n) is 3.16. The molecular weight excluding hydrogens is 271 g/mol. The molecule has 0 bridgehead atoms. The van der Waals surface area contributed by atoms with Crippen molar-refractivity contribution in [1.82, 2.24) is 0 Å². The largest absolute Gasteiger partial charge is 0.303 e. The monoisotopic (exact) mass is 280 g/mol. The predicted octanol–water partition coefficient (Wildman–Crippen LogP) is 2.85. The minimum atomic E-state index is -4.39. The molecule has 2 nitrogen and oxygen atoms in total. The van der Waals surface area contributed by atoms with Gasteiger partial charge < -0.3 is 0 Å². The van der Waals surface area contributed by atoms with Crippen molar-refractivity contribution in [2.45, 2.75) is 12.8 Å². The molecule has 1 unspecified atom stereocenters. The fourth-order valence-electron chi connectivity index (χ4n) is 1.19. The van der Waals surface area contributed by atoms with Gasteiger partial charge in [0.05, 0.1) is 5.75 Å². The van der Waals surface area contributed by atoms with Crippen LogP contribution in [-0.2, 0) is 10.2 Å². The van der Waals surface area contributed by atoms with Crippen LogP contribution in [0.3, 0.4) is 0 Å². The zero-order valence-corrected chi connectivity index (χ0v) is 9.98. The van der Waals surface area contributed by atoms with Crippen molar-refractivity contribution in [3.8, 4) is 0 Å². The highest BCUT2D eigenvalue weighted by Crippen LogP contribution is 2.20. The van der Waals surface area contributed by atoms with Crippen LogP contribution in [0.1, 0.15) is 18.4 Å². The first-order chi connectivity index (χ1) is 6.38. The van der Waals surface area contributed by atoms with Crippen molar-refractivity contribution in [3.05, 3.63) is 34.3 Å². The Morgan fingerprint density at radius 1 is 1.36 bits per heavy atom. The molecule has 1 aromatic rings. The van der Waals surface area contributed by atoms with E-state index in [-0.39, 0.29) is 5.92 Å². The van der Waals surface area contributed by atoms with Crippen LogP contribution in [0, 0.1) is 0 Å². The summed E-state index contributed by atoms with van der Waals surface area (Å²) >= 11 is 3.26. The lowest BCUT2D eigenvalue weighted by molar-refractivity contribution is 0.546. The third kappa shape index (κ3) is 3.75. The van der Waals surface area contributed by atoms with Crippen molar-refractivity contribution in [2.24, 2.45) is 0 Å². The molecule has 0 radical (unpaired) electrons. The molecule has 0 N–H and O–H groups in total. The van der Waals surface area contributed by atoms with Gasteiger partial charge in [0.1, 0.15) is 0 Å². The molecule has 1 atom stereocenters. The summed E-state index contributed by atoms with van der Waals surface area (Å²) < 4.78 is 34.1. The molecule has 0 aliphatic rings. The van der Waals surface area contributed by atoms with Crippen LogP contribution in [0.2, 0.25) is 0 Å². The molecule has 78 valence electrons. The molecule has 5 heteroatoms. The van der Waals surface area contributed by atoms with E-state index in [2.05, 4.69) is 15.9 Å². The third-order valence-corrected chi connectivity index (χ3v) is 3.31. The second-order valence-corrected chi connectivity index (χ2v) is 5.48. The minimum Gasteiger partial charge on any atom is -0.195 e. The van der Waals surface area contributed by atoms with E-state index < -0.39 is 16.0 Å². The maximum Gasteiger partial charge on any atom is 0.303 e. The number of halogens is 2. The molecule has 14 heavy (non-hydrogen) atoms. The maximum atomic E-state index is 12.4. The summed E-state index contributed by atoms with van der Waals surface area (Å²) in [4.78, 5) is 0. The average molecular weight is 281 g/mol. The lowest BCUT2D eigenvalue weighted by Crippen LogP contribution is -2.07. The summed E-state index contributed by atoms with van der Waals surface area (Å²) in [5.41, 5.74) is 0.814. The molecule has 0 heterocycles. The molecule has 0 aliphatic heterocycles. The third-order valence-electron chi connectivity index (χ3n) is 1.89. The van der Waals surface area contributed by atoms with Gasteiger partial charge in [-0.1, -0.05) is 35.0 Å². The van der Waals surface area contributed by atoms with Gasteiger partial charge in [0, 0.05) is 4.47 Å². The van der Waals surface area contributed by atoms with Crippen LogP contribution in [0.25, 0.3) is 0 Å². The van der Waals surface area contributed by atoms with Gasteiger partial charge in [0.2, 0.25) is 0 Å². The van der Waals surface area contributed by atoms with Gasteiger partial charge in [-0.3, -0.25) is 0 Å². The fourth-order valence-corrected chi connectivity index (χ4v) is 2.24. The minimum absolute atomic E-state index is 0.321. The van der Waals surface area contributed by atoms with Gasteiger partial charge in [-0.15, -0.1) is 3.89 Å². The molecular formula is C9H10BrFO2S. The van der Waals surface area contributed by atoms with E-state index in [9.17, 15) is 12.3 Å². The fraction of sp³-hybridized carbons (Fsp3) is 0.333. The van der Waals surface area contributed by atoms with Gasteiger partial charge in [-0.05, 0) is 23.6 Å². The SMILES string of the molecule is CC(CS(=O)(=O)F)c1ccc(Br)cc1. The topological polar surface area (TPSA) is 34.1 Å². The molecule has 1 aromatic carbocycles. The van der Waals surface area contributed by atoms with Gasteiger partial charge in [-0.2, -0.15) is 8.42 Å². The van der Waals surface area contributed by atoms with Crippen LogP contribution in [0.4, 0.5) is 3.89 Å². The first-order valence-corrected chi connectivity index (χ1v) is 6.41. The zero-order valence-electron chi connectivity index (χ0n) is 7.57. The predicted molar refractivity (Wildman–Crippen MR) is 57.5 cm³/mol. The highest BCUT2D eigenvalue weighted by atomic mass is 79.9. The van der Waals surface area contributed by atoms with Crippen molar-refractivity contribution in [2.75, 3.05) is 5.75 Å². The Kier molecular flexibility index (Phi) is 3.66. The van der Waals surface area contributed by atoms with E-state index >= 15 is 0 Å². The lowest BCUT2D eigenvalue weighted by atomic mass is 10.0. The van der Waals surface area contributed by atoms with Crippen LogP contribution < -0.4 is 0 Å². The Bertz CT molecular complexity index is 399. The van der Waals surface area contributed by atoms with Crippen molar-refractivity contribution in [3.63, 3.8) is 0 Å². The second kappa shape index (κ2) is 4.40. The molecule has 0 aliphatic carbocycles. The molecule has 0 amide bonds.